The fourth-order valence-electron chi connectivity index (χ4n) is 2.56. The quantitative estimate of drug-likeness (QED) is 0.793. The Hall–Kier alpha value is -1.16. The fourth-order valence-corrected chi connectivity index (χ4v) is 2.56. The van der Waals surface area contributed by atoms with Crippen LogP contribution in [0, 0.1) is 0 Å². The zero-order valence-corrected chi connectivity index (χ0v) is 8.98. The summed E-state index contributed by atoms with van der Waals surface area (Å²) in [6.07, 6.45) is 5.36. The summed E-state index contributed by atoms with van der Waals surface area (Å²) in [7, 11) is 0. The summed E-state index contributed by atoms with van der Waals surface area (Å²) in [5, 5.41) is 0. The van der Waals surface area contributed by atoms with Crippen molar-refractivity contribution < 1.29 is 0 Å². The van der Waals surface area contributed by atoms with Gasteiger partial charge in [-0.05, 0) is 19.3 Å². The van der Waals surface area contributed by atoms with Crippen LogP contribution >= 0.6 is 0 Å². The highest BCUT2D eigenvalue weighted by Crippen LogP contribution is 2.43. The highest BCUT2D eigenvalue weighted by molar-refractivity contribution is 5.45. The molecule has 1 saturated carbocycles. The summed E-state index contributed by atoms with van der Waals surface area (Å²) in [5.41, 5.74) is 8.22. The van der Waals surface area contributed by atoms with Crippen LogP contribution in [0.2, 0.25) is 0 Å². The van der Waals surface area contributed by atoms with E-state index in [0.29, 0.717) is 11.9 Å². The minimum atomic E-state index is 0.470. The first-order valence-electron chi connectivity index (χ1n) is 5.66. The van der Waals surface area contributed by atoms with E-state index in [-0.39, 0.29) is 0 Å². The summed E-state index contributed by atoms with van der Waals surface area (Å²) >= 11 is 0. The maximum absolute atomic E-state index is 5.89. The molecule has 80 valence electrons. The third kappa shape index (κ3) is 1.32. The van der Waals surface area contributed by atoms with Crippen molar-refractivity contribution in [3.63, 3.8) is 0 Å². The van der Waals surface area contributed by atoms with Crippen molar-refractivity contribution >= 4 is 5.82 Å². The van der Waals surface area contributed by atoms with Crippen molar-refractivity contribution in [2.75, 3.05) is 5.73 Å². The zero-order chi connectivity index (χ0) is 10.4. The average Bonchev–Trinajstić information content (AvgIpc) is 3.00. The van der Waals surface area contributed by atoms with E-state index in [9.17, 15) is 0 Å². The zero-order valence-electron chi connectivity index (χ0n) is 8.98. The molecule has 1 unspecified atom stereocenters. The highest BCUT2D eigenvalue weighted by Gasteiger charge is 2.40. The summed E-state index contributed by atoms with van der Waals surface area (Å²) in [6, 6.07) is 1.24. The lowest BCUT2D eigenvalue weighted by Crippen LogP contribution is -2.24. The van der Waals surface area contributed by atoms with Gasteiger partial charge in [-0.25, -0.2) is 9.97 Å². The molecule has 1 atom stereocenters. The summed E-state index contributed by atoms with van der Waals surface area (Å²) in [4.78, 5) is 11.0. The second-order valence-corrected chi connectivity index (χ2v) is 4.45. The van der Waals surface area contributed by atoms with Crippen molar-refractivity contribution in [1.29, 1.82) is 0 Å². The first-order chi connectivity index (χ1) is 7.31. The number of hydrogen-bond acceptors (Lipinski definition) is 4. The minimum Gasteiger partial charge on any atom is -0.383 e. The molecular weight excluding hydrogens is 188 g/mol. The van der Waals surface area contributed by atoms with Gasteiger partial charge in [-0.15, -0.1) is 0 Å². The molecule has 1 aromatic rings. The maximum atomic E-state index is 5.89. The van der Waals surface area contributed by atoms with Gasteiger partial charge in [0.2, 0.25) is 0 Å². The average molecular weight is 204 g/mol. The van der Waals surface area contributed by atoms with E-state index >= 15 is 0 Å². The van der Waals surface area contributed by atoms with Crippen LogP contribution in [0.5, 0.6) is 0 Å². The Morgan fingerprint density at radius 1 is 1.47 bits per heavy atom. The Balaban J connectivity index is 2.00. The lowest BCUT2D eigenvalue weighted by molar-refractivity contribution is 0.197. The van der Waals surface area contributed by atoms with Crippen LogP contribution in [0.15, 0.2) is 6.33 Å². The van der Waals surface area contributed by atoms with E-state index in [2.05, 4.69) is 21.8 Å². The van der Waals surface area contributed by atoms with Gasteiger partial charge in [0.05, 0.1) is 11.7 Å². The molecule has 2 heterocycles. The Morgan fingerprint density at radius 2 is 2.27 bits per heavy atom. The number of rotatable bonds is 2. The van der Waals surface area contributed by atoms with E-state index in [4.69, 9.17) is 5.73 Å². The second kappa shape index (κ2) is 3.17. The second-order valence-electron chi connectivity index (χ2n) is 4.45. The molecule has 1 aliphatic heterocycles. The third-order valence-corrected chi connectivity index (χ3v) is 3.47. The fraction of sp³-hybridized carbons (Fsp3) is 0.636. The molecule has 4 heteroatoms. The van der Waals surface area contributed by atoms with Crippen molar-refractivity contribution in [3.05, 3.63) is 17.6 Å². The van der Waals surface area contributed by atoms with Crippen LogP contribution in [-0.4, -0.2) is 20.9 Å². The van der Waals surface area contributed by atoms with Crippen molar-refractivity contribution in [3.8, 4) is 0 Å². The molecule has 0 spiro atoms. The Labute approximate surface area is 89.5 Å². The number of nitrogens with zero attached hydrogens (tertiary/aromatic N) is 3. The number of fused-ring (bicyclic) bond motifs is 1. The monoisotopic (exact) mass is 204 g/mol. The molecule has 15 heavy (non-hydrogen) atoms. The summed E-state index contributed by atoms with van der Waals surface area (Å²) in [5.74, 6) is 0.668. The van der Waals surface area contributed by atoms with Crippen LogP contribution in [0.1, 0.15) is 43.5 Å². The normalized spacial score (nSPS) is 25.5. The van der Waals surface area contributed by atoms with E-state index in [1.165, 1.54) is 12.8 Å². The van der Waals surface area contributed by atoms with Crippen LogP contribution in [-0.2, 0) is 6.54 Å². The first-order valence-corrected chi connectivity index (χ1v) is 5.66. The molecule has 2 aliphatic rings. The van der Waals surface area contributed by atoms with Crippen LogP contribution in [0.4, 0.5) is 5.82 Å². The van der Waals surface area contributed by atoms with Gasteiger partial charge < -0.3 is 5.73 Å². The summed E-state index contributed by atoms with van der Waals surface area (Å²) < 4.78 is 0. The van der Waals surface area contributed by atoms with Gasteiger partial charge in [-0.2, -0.15) is 0 Å². The standard InChI is InChI=1S/C11H16N4/c1-2-9-10-8(11(12)14-6-13-10)5-15(9)7-3-4-7/h6-7,9H,2-5H2,1H3,(H2,12,13,14). The van der Waals surface area contributed by atoms with Crippen LogP contribution in [0.25, 0.3) is 0 Å². The maximum Gasteiger partial charge on any atom is 0.131 e. The van der Waals surface area contributed by atoms with E-state index in [1.807, 2.05) is 0 Å². The van der Waals surface area contributed by atoms with Crippen molar-refractivity contribution in [1.82, 2.24) is 14.9 Å². The van der Waals surface area contributed by atoms with Gasteiger partial charge in [0, 0.05) is 18.2 Å². The van der Waals surface area contributed by atoms with E-state index in [1.54, 1.807) is 6.33 Å². The van der Waals surface area contributed by atoms with Gasteiger partial charge in [0.1, 0.15) is 12.1 Å². The highest BCUT2D eigenvalue weighted by atomic mass is 15.2. The van der Waals surface area contributed by atoms with Gasteiger partial charge in [0.25, 0.3) is 0 Å². The molecule has 1 aliphatic carbocycles. The number of nitrogens with two attached hydrogens (primary N) is 1. The Bertz CT molecular complexity index is 386. The molecule has 1 fully saturated rings. The van der Waals surface area contributed by atoms with Crippen LogP contribution < -0.4 is 5.73 Å². The topological polar surface area (TPSA) is 55.0 Å². The van der Waals surface area contributed by atoms with E-state index in [0.717, 1.165) is 30.3 Å². The van der Waals surface area contributed by atoms with Gasteiger partial charge in [-0.1, -0.05) is 6.92 Å². The van der Waals surface area contributed by atoms with Gasteiger partial charge >= 0.3 is 0 Å². The van der Waals surface area contributed by atoms with Crippen molar-refractivity contribution in [2.24, 2.45) is 0 Å². The predicted octanol–water partition coefficient (Wildman–Crippen LogP) is 1.49. The number of aromatic nitrogens is 2. The van der Waals surface area contributed by atoms with Gasteiger partial charge in [-0.3, -0.25) is 4.90 Å². The number of nitrogen functional groups attached to an aromatic ring is 1. The molecule has 1 aromatic heterocycles. The van der Waals surface area contributed by atoms with Gasteiger partial charge in [0.15, 0.2) is 0 Å². The third-order valence-electron chi connectivity index (χ3n) is 3.47. The Kier molecular flexibility index (Phi) is 1.92. The molecular formula is C11H16N4. The molecule has 0 aromatic carbocycles. The lowest BCUT2D eigenvalue weighted by atomic mass is 10.1. The molecule has 0 radical (unpaired) electrons. The molecule has 2 N–H and O–H groups in total. The predicted molar refractivity (Wildman–Crippen MR) is 58.0 cm³/mol. The Morgan fingerprint density at radius 3 is 2.93 bits per heavy atom. The SMILES string of the molecule is CCC1c2ncnc(N)c2CN1C1CC1. The van der Waals surface area contributed by atoms with Crippen LogP contribution in [0.3, 0.4) is 0 Å². The molecule has 3 rings (SSSR count). The molecule has 0 saturated heterocycles. The first kappa shape index (κ1) is 9.09. The largest absolute Gasteiger partial charge is 0.383 e. The summed E-state index contributed by atoms with van der Waals surface area (Å²) in [6.45, 7) is 3.17. The molecule has 0 amide bonds. The minimum absolute atomic E-state index is 0.470. The number of anilines is 1. The van der Waals surface area contributed by atoms with Crippen molar-refractivity contribution in [2.45, 2.75) is 44.8 Å². The molecule has 0 bridgehead atoms. The lowest BCUT2D eigenvalue weighted by Gasteiger charge is -2.22. The van der Waals surface area contributed by atoms with E-state index < -0.39 is 0 Å². The number of hydrogen-bond donors (Lipinski definition) is 1. The molecule has 4 nitrogen and oxygen atoms in total. The smallest absolute Gasteiger partial charge is 0.131 e.